The number of nitrogens with one attached hydrogen (secondary N) is 1. The van der Waals surface area contributed by atoms with Crippen LogP contribution >= 0.6 is 11.3 Å². The summed E-state index contributed by atoms with van der Waals surface area (Å²) in [5.41, 5.74) is 1.77. The van der Waals surface area contributed by atoms with Crippen LogP contribution in [0, 0.1) is 12.7 Å². The van der Waals surface area contributed by atoms with Gasteiger partial charge in [-0.15, -0.1) is 0 Å². The summed E-state index contributed by atoms with van der Waals surface area (Å²) in [4.78, 5) is 5.41. The number of ether oxygens (including phenoxy) is 1. The van der Waals surface area contributed by atoms with Gasteiger partial charge in [0.1, 0.15) is 5.82 Å². The standard InChI is InChI=1S/C13H15FN2OS/c1-9-12(10-4-3-5-11(14)8-10)18-13(16-9)15-6-7-17-2/h3-5,8H,6-7H2,1-2H3,(H,15,16). The van der Waals surface area contributed by atoms with Crippen molar-refractivity contribution in [3.63, 3.8) is 0 Å². The molecule has 0 unspecified atom stereocenters. The zero-order valence-electron chi connectivity index (χ0n) is 10.4. The lowest BCUT2D eigenvalue weighted by Gasteiger charge is -2.00. The smallest absolute Gasteiger partial charge is 0.183 e. The molecule has 1 heterocycles. The van der Waals surface area contributed by atoms with Crippen molar-refractivity contribution in [2.24, 2.45) is 0 Å². The highest BCUT2D eigenvalue weighted by molar-refractivity contribution is 7.19. The molecule has 1 N–H and O–H groups in total. The number of hydrogen-bond acceptors (Lipinski definition) is 4. The van der Waals surface area contributed by atoms with Crippen LogP contribution < -0.4 is 5.32 Å². The number of nitrogens with zero attached hydrogens (tertiary/aromatic N) is 1. The van der Waals surface area contributed by atoms with Crippen LogP contribution in [0.3, 0.4) is 0 Å². The Morgan fingerprint density at radius 3 is 3.00 bits per heavy atom. The Bertz CT molecular complexity index is 527. The lowest BCUT2D eigenvalue weighted by atomic mass is 10.1. The maximum atomic E-state index is 13.2. The molecule has 0 aliphatic carbocycles. The van der Waals surface area contributed by atoms with Gasteiger partial charge in [-0.05, 0) is 24.6 Å². The van der Waals surface area contributed by atoms with Crippen LogP contribution in [0.25, 0.3) is 10.4 Å². The molecule has 0 bridgehead atoms. The Morgan fingerprint density at radius 2 is 2.28 bits per heavy atom. The number of hydrogen-bond donors (Lipinski definition) is 1. The quantitative estimate of drug-likeness (QED) is 0.843. The summed E-state index contributed by atoms with van der Waals surface area (Å²) in [6, 6.07) is 6.57. The number of benzene rings is 1. The third-order valence-corrected chi connectivity index (χ3v) is 3.63. The Morgan fingerprint density at radius 1 is 1.44 bits per heavy atom. The van der Waals surface area contributed by atoms with E-state index in [0.29, 0.717) is 13.2 Å². The van der Waals surface area contributed by atoms with E-state index in [9.17, 15) is 4.39 Å². The molecule has 0 radical (unpaired) electrons. The van der Waals surface area contributed by atoms with E-state index >= 15 is 0 Å². The molecule has 0 saturated heterocycles. The van der Waals surface area contributed by atoms with Gasteiger partial charge in [0.25, 0.3) is 0 Å². The second kappa shape index (κ2) is 5.93. The van der Waals surface area contributed by atoms with Crippen LogP contribution in [0.2, 0.25) is 0 Å². The fourth-order valence-electron chi connectivity index (χ4n) is 1.63. The van der Waals surface area contributed by atoms with E-state index in [4.69, 9.17) is 4.74 Å². The van der Waals surface area contributed by atoms with E-state index in [1.807, 2.05) is 13.0 Å². The van der Waals surface area contributed by atoms with Crippen LogP contribution in [0.1, 0.15) is 5.69 Å². The van der Waals surface area contributed by atoms with Crippen molar-refractivity contribution in [3.8, 4) is 10.4 Å². The fourth-order valence-corrected chi connectivity index (χ4v) is 2.62. The summed E-state index contributed by atoms with van der Waals surface area (Å²) < 4.78 is 18.2. The van der Waals surface area contributed by atoms with Gasteiger partial charge in [0, 0.05) is 13.7 Å². The van der Waals surface area contributed by atoms with E-state index < -0.39 is 0 Å². The topological polar surface area (TPSA) is 34.1 Å². The first-order valence-electron chi connectivity index (χ1n) is 5.67. The minimum absolute atomic E-state index is 0.228. The minimum Gasteiger partial charge on any atom is -0.383 e. The van der Waals surface area contributed by atoms with Crippen molar-refractivity contribution >= 4 is 16.5 Å². The molecule has 0 aliphatic rings. The molecule has 3 nitrogen and oxygen atoms in total. The van der Waals surface area contributed by atoms with Crippen LogP contribution in [-0.4, -0.2) is 25.2 Å². The number of halogens is 1. The first-order valence-corrected chi connectivity index (χ1v) is 6.48. The second-order valence-corrected chi connectivity index (χ2v) is 4.86. The summed E-state index contributed by atoms with van der Waals surface area (Å²) in [5, 5.41) is 4.02. The Hall–Kier alpha value is -1.46. The number of aryl methyl sites for hydroxylation is 1. The summed E-state index contributed by atoms with van der Waals surface area (Å²) in [5.74, 6) is -0.228. The fraction of sp³-hybridized carbons (Fsp3) is 0.308. The molecule has 18 heavy (non-hydrogen) atoms. The average molecular weight is 266 g/mol. The van der Waals surface area contributed by atoms with Gasteiger partial charge in [0.15, 0.2) is 5.13 Å². The molecule has 2 rings (SSSR count). The normalized spacial score (nSPS) is 10.6. The summed E-state index contributed by atoms with van der Waals surface area (Å²) in [6.07, 6.45) is 0. The highest BCUT2D eigenvalue weighted by Crippen LogP contribution is 2.32. The zero-order chi connectivity index (χ0) is 13.0. The van der Waals surface area contributed by atoms with Crippen molar-refractivity contribution in [2.75, 3.05) is 25.6 Å². The van der Waals surface area contributed by atoms with Crippen molar-refractivity contribution < 1.29 is 9.13 Å². The Balaban J connectivity index is 2.18. The molecular formula is C13H15FN2OS. The predicted molar refractivity (Wildman–Crippen MR) is 72.6 cm³/mol. The molecule has 0 atom stereocenters. The summed E-state index contributed by atoms with van der Waals surface area (Å²) >= 11 is 1.53. The zero-order valence-corrected chi connectivity index (χ0v) is 11.2. The molecule has 0 saturated carbocycles. The van der Waals surface area contributed by atoms with E-state index in [2.05, 4.69) is 10.3 Å². The van der Waals surface area contributed by atoms with Gasteiger partial charge in [-0.3, -0.25) is 0 Å². The van der Waals surface area contributed by atoms with Crippen molar-refractivity contribution in [1.29, 1.82) is 0 Å². The maximum Gasteiger partial charge on any atom is 0.183 e. The van der Waals surface area contributed by atoms with Crippen LogP contribution in [0.4, 0.5) is 9.52 Å². The number of rotatable bonds is 5. The highest BCUT2D eigenvalue weighted by Gasteiger charge is 2.09. The molecule has 0 fully saturated rings. The predicted octanol–water partition coefficient (Wildman–Crippen LogP) is 3.32. The molecule has 0 spiro atoms. The third-order valence-electron chi connectivity index (χ3n) is 2.47. The first-order chi connectivity index (χ1) is 8.70. The van der Waals surface area contributed by atoms with Crippen molar-refractivity contribution in [3.05, 3.63) is 35.8 Å². The van der Waals surface area contributed by atoms with Crippen LogP contribution in [0.5, 0.6) is 0 Å². The minimum atomic E-state index is -0.228. The lowest BCUT2D eigenvalue weighted by Crippen LogP contribution is -2.06. The molecule has 0 amide bonds. The monoisotopic (exact) mass is 266 g/mol. The molecule has 96 valence electrons. The van der Waals surface area contributed by atoms with Crippen molar-refractivity contribution in [2.45, 2.75) is 6.92 Å². The average Bonchev–Trinajstić information content (AvgIpc) is 2.71. The van der Waals surface area contributed by atoms with Gasteiger partial charge in [-0.1, -0.05) is 23.5 Å². The summed E-state index contributed by atoms with van der Waals surface area (Å²) in [7, 11) is 1.66. The van der Waals surface area contributed by atoms with E-state index in [0.717, 1.165) is 21.3 Å². The van der Waals surface area contributed by atoms with Gasteiger partial charge in [0.2, 0.25) is 0 Å². The lowest BCUT2D eigenvalue weighted by molar-refractivity contribution is 0.211. The molecule has 2 aromatic rings. The van der Waals surface area contributed by atoms with Gasteiger partial charge in [-0.2, -0.15) is 0 Å². The van der Waals surface area contributed by atoms with Gasteiger partial charge < -0.3 is 10.1 Å². The van der Waals surface area contributed by atoms with E-state index in [-0.39, 0.29) is 5.82 Å². The van der Waals surface area contributed by atoms with Gasteiger partial charge in [-0.25, -0.2) is 9.37 Å². The summed E-state index contributed by atoms with van der Waals surface area (Å²) in [6.45, 7) is 3.28. The number of anilines is 1. The highest BCUT2D eigenvalue weighted by atomic mass is 32.1. The van der Waals surface area contributed by atoms with Crippen LogP contribution in [-0.2, 0) is 4.74 Å². The largest absolute Gasteiger partial charge is 0.383 e. The number of methoxy groups -OCH3 is 1. The maximum absolute atomic E-state index is 13.2. The first kappa shape index (κ1) is 13.0. The molecule has 0 aliphatic heterocycles. The Labute approximate surface area is 110 Å². The number of thiazole rings is 1. The van der Waals surface area contributed by atoms with E-state index in [1.54, 1.807) is 13.2 Å². The second-order valence-electron chi connectivity index (χ2n) is 3.86. The van der Waals surface area contributed by atoms with Crippen LogP contribution in [0.15, 0.2) is 24.3 Å². The third kappa shape index (κ3) is 3.05. The molecule has 1 aromatic heterocycles. The van der Waals surface area contributed by atoms with Gasteiger partial charge in [0.05, 0.1) is 17.2 Å². The molecule has 5 heteroatoms. The SMILES string of the molecule is COCCNc1nc(C)c(-c2cccc(F)c2)s1. The molecule has 1 aromatic carbocycles. The Kier molecular flexibility index (Phi) is 4.28. The van der Waals surface area contributed by atoms with Gasteiger partial charge >= 0.3 is 0 Å². The van der Waals surface area contributed by atoms with E-state index in [1.165, 1.54) is 23.5 Å². The van der Waals surface area contributed by atoms with Crippen molar-refractivity contribution in [1.82, 2.24) is 4.98 Å². The molecular weight excluding hydrogens is 251 g/mol. The number of aromatic nitrogens is 1.